The standard InChI is InChI=1S/C8H18O9S3/c1-8(5-15-18(2,9)10,6-16-19(3,11)12)7-17-20(4,13)14/h5-7H2,1-4H3. The molecule has 122 valence electrons. The van der Waals surface area contributed by atoms with E-state index in [-0.39, 0.29) is 0 Å². The van der Waals surface area contributed by atoms with Crippen LogP contribution in [0.25, 0.3) is 0 Å². The molecule has 0 saturated carbocycles. The van der Waals surface area contributed by atoms with Crippen LogP contribution in [0, 0.1) is 5.41 Å². The van der Waals surface area contributed by atoms with Gasteiger partial charge in [0.25, 0.3) is 30.4 Å². The number of hydrogen-bond donors (Lipinski definition) is 0. The molecule has 20 heavy (non-hydrogen) atoms. The van der Waals surface area contributed by atoms with Gasteiger partial charge in [-0.3, -0.25) is 12.5 Å². The second-order valence-corrected chi connectivity index (χ2v) is 9.64. The Morgan fingerprint density at radius 2 is 0.850 bits per heavy atom. The van der Waals surface area contributed by atoms with Gasteiger partial charge in [-0.25, -0.2) is 0 Å². The zero-order chi connectivity index (χ0) is 16.2. The lowest BCUT2D eigenvalue weighted by molar-refractivity contribution is 0.0560. The molecule has 12 heteroatoms. The van der Waals surface area contributed by atoms with Gasteiger partial charge < -0.3 is 0 Å². The first-order valence-electron chi connectivity index (χ1n) is 5.15. The SMILES string of the molecule is CC(COS(C)(=O)=O)(COS(C)(=O)=O)COS(C)(=O)=O. The van der Waals surface area contributed by atoms with Crippen molar-refractivity contribution in [3.63, 3.8) is 0 Å². The molecule has 0 N–H and O–H groups in total. The van der Waals surface area contributed by atoms with Crippen molar-refractivity contribution in [2.75, 3.05) is 38.6 Å². The van der Waals surface area contributed by atoms with Crippen LogP contribution >= 0.6 is 0 Å². The second kappa shape index (κ2) is 6.66. The van der Waals surface area contributed by atoms with Gasteiger partial charge in [0.15, 0.2) is 0 Å². The Kier molecular flexibility index (Phi) is 6.57. The Labute approximate surface area is 119 Å². The molecule has 0 aromatic carbocycles. The third-order valence-corrected chi connectivity index (χ3v) is 3.50. The molecule has 0 bridgehead atoms. The molecular formula is C8H18O9S3. The molecular weight excluding hydrogens is 336 g/mol. The second-order valence-electron chi connectivity index (χ2n) is 4.71. The van der Waals surface area contributed by atoms with Crippen LogP contribution in [0.15, 0.2) is 0 Å². The fraction of sp³-hybridized carbons (Fsp3) is 1.00. The molecule has 0 aliphatic carbocycles. The van der Waals surface area contributed by atoms with Gasteiger partial charge in [0.1, 0.15) is 0 Å². The van der Waals surface area contributed by atoms with Gasteiger partial charge in [0, 0.05) is 5.41 Å². The molecule has 0 heterocycles. The van der Waals surface area contributed by atoms with Gasteiger partial charge in [0.05, 0.1) is 38.6 Å². The van der Waals surface area contributed by atoms with E-state index in [0.717, 1.165) is 18.8 Å². The van der Waals surface area contributed by atoms with Gasteiger partial charge in [0.2, 0.25) is 0 Å². The smallest absolute Gasteiger partial charge is 0.264 e. The van der Waals surface area contributed by atoms with Crippen LogP contribution in [0.3, 0.4) is 0 Å². The maximum atomic E-state index is 10.9. The summed E-state index contributed by atoms with van der Waals surface area (Å²) in [6.07, 6.45) is 2.42. The highest BCUT2D eigenvalue weighted by atomic mass is 32.2. The third kappa shape index (κ3) is 11.5. The lowest BCUT2D eigenvalue weighted by atomic mass is 9.95. The molecule has 0 unspecified atom stereocenters. The Balaban J connectivity index is 4.92. The van der Waals surface area contributed by atoms with Crippen molar-refractivity contribution in [1.29, 1.82) is 0 Å². The van der Waals surface area contributed by atoms with E-state index in [4.69, 9.17) is 0 Å². The fourth-order valence-electron chi connectivity index (χ4n) is 0.873. The summed E-state index contributed by atoms with van der Waals surface area (Å²) in [5.41, 5.74) is -1.28. The predicted molar refractivity (Wildman–Crippen MR) is 70.5 cm³/mol. The van der Waals surface area contributed by atoms with Crippen molar-refractivity contribution >= 4 is 30.4 Å². The number of hydrogen-bond acceptors (Lipinski definition) is 9. The molecule has 9 nitrogen and oxygen atoms in total. The van der Waals surface area contributed by atoms with Crippen molar-refractivity contribution in [3.8, 4) is 0 Å². The Hall–Kier alpha value is -0.270. The molecule has 0 aromatic heterocycles. The first-order chi connectivity index (χ1) is 8.62. The van der Waals surface area contributed by atoms with Crippen LogP contribution in [0.2, 0.25) is 0 Å². The summed E-state index contributed by atoms with van der Waals surface area (Å²) in [7, 11) is -11.3. The highest BCUT2D eigenvalue weighted by Gasteiger charge is 2.31. The van der Waals surface area contributed by atoms with Crippen molar-refractivity contribution < 1.29 is 37.8 Å². The predicted octanol–water partition coefficient (Wildman–Crippen LogP) is -1.08. The van der Waals surface area contributed by atoms with Crippen LogP contribution in [-0.2, 0) is 42.9 Å². The van der Waals surface area contributed by atoms with Crippen LogP contribution in [-0.4, -0.2) is 63.8 Å². The average Bonchev–Trinajstić information content (AvgIpc) is 2.18. The molecule has 0 rings (SSSR count). The fourth-order valence-corrected chi connectivity index (χ4v) is 2.37. The van der Waals surface area contributed by atoms with E-state index in [1.165, 1.54) is 6.92 Å². The van der Waals surface area contributed by atoms with E-state index in [0.29, 0.717) is 0 Å². The van der Waals surface area contributed by atoms with Crippen LogP contribution in [0.5, 0.6) is 0 Å². The minimum Gasteiger partial charge on any atom is -0.270 e. The largest absolute Gasteiger partial charge is 0.270 e. The Morgan fingerprint density at radius 1 is 0.650 bits per heavy atom. The van der Waals surface area contributed by atoms with E-state index in [1.807, 2.05) is 0 Å². The first kappa shape index (κ1) is 19.7. The Morgan fingerprint density at radius 3 is 1.00 bits per heavy atom. The van der Waals surface area contributed by atoms with Gasteiger partial charge in [-0.15, -0.1) is 0 Å². The van der Waals surface area contributed by atoms with Gasteiger partial charge in [-0.2, -0.15) is 25.3 Å². The van der Waals surface area contributed by atoms with E-state index in [2.05, 4.69) is 12.5 Å². The van der Waals surface area contributed by atoms with Crippen LogP contribution < -0.4 is 0 Å². The van der Waals surface area contributed by atoms with Crippen molar-refractivity contribution in [2.24, 2.45) is 5.41 Å². The summed E-state index contributed by atoms with van der Waals surface area (Å²) in [6, 6.07) is 0. The third-order valence-electron chi connectivity index (χ3n) is 1.86. The maximum absolute atomic E-state index is 10.9. The lowest BCUT2D eigenvalue weighted by Crippen LogP contribution is -2.36. The van der Waals surface area contributed by atoms with Crippen molar-refractivity contribution in [3.05, 3.63) is 0 Å². The summed E-state index contributed by atoms with van der Waals surface area (Å²) in [4.78, 5) is 0. The monoisotopic (exact) mass is 354 g/mol. The highest BCUT2D eigenvalue weighted by Crippen LogP contribution is 2.21. The van der Waals surface area contributed by atoms with Gasteiger partial charge in [-0.05, 0) is 0 Å². The molecule has 0 fully saturated rings. The molecule has 0 atom stereocenters. The summed E-state index contributed by atoms with van der Waals surface area (Å²) < 4.78 is 79.3. The summed E-state index contributed by atoms with van der Waals surface area (Å²) >= 11 is 0. The lowest BCUT2D eigenvalue weighted by Gasteiger charge is -2.26. The van der Waals surface area contributed by atoms with E-state index in [9.17, 15) is 25.3 Å². The molecule has 0 aliphatic heterocycles. The Bertz CT molecular complexity index is 526. The zero-order valence-electron chi connectivity index (χ0n) is 11.5. The molecule has 0 aliphatic rings. The first-order valence-corrected chi connectivity index (χ1v) is 10.6. The molecule has 0 amide bonds. The topological polar surface area (TPSA) is 130 Å². The van der Waals surface area contributed by atoms with Crippen LogP contribution in [0.4, 0.5) is 0 Å². The van der Waals surface area contributed by atoms with Crippen molar-refractivity contribution in [2.45, 2.75) is 6.92 Å². The normalized spacial score (nSPS) is 14.4. The minimum absolute atomic E-state index is 0.489. The quantitative estimate of drug-likeness (QED) is 0.474. The molecule has 0 radical (unpaired) electrons. The molecule has 0 aromatic rings. The van der Waals surface area contributed by atoms with E-state index >= 15 is 0 Å². The zero-order valence-corrected chi connectivity index (χ0v) is 14.0. The van der Waals surface area contributed by atoms with Crippen LogP contribution in [0.1, 0.15) is 6.92 Å². The number of rotatable bonds is 9. The average molecular weight is 354 g/mol. The van der Waals surface area contributed by atoms with Gasteiger partial charge >= 0.3 is 0 Å². The van der Waals surface area contributed by atoms with E-state index < -0.39 is 55.6 Å². The van der Waals surface area contributed by atoms with Crippen molar-refractivity contribution in [1.82, 2.24) is 0 Å². The summed E-state index contributed by atoms with van der Waals surface area (Å²) in [5, 5.41) is 0. The molecule has 0 saturated heterocycles. The maximum Gasteiger partial charge on any atom is 0.264 e. The summed E-state index contributed by atoms with van der Waals surface area (Å²) in [6.45, 7) is -0.0981. The highest BCUT2D eigenvalue weighted by molar-refractivity contribution is 7.86. The minimum atomic E-state index is -3.77. The van der Waals surface area contributed by atoms with E-state index in [1.54, 1.807) is 0 Å². The van der Waals surface area contributed by atoms with Gasteiger partial charge in [-0.1, -0.05) is 6.92 Å². The summed E-state index contributed by atoms with van der Waals surface area (Å²) in [5.74, 6) is 0. The molecule has 0 spiro atoms.